The van der Waals surface area contributed by atoms with Crippen LogP contribution < -0.4 is 15.2 Å². The second-order valence-electron chi connectivity index (χ2n) is 4.41. The van der Waals surface area contributed by atoms with Crippen LogP contribution in [0.4, 0.5) is 0 Å². The molecule has 102 valence electrons. The summed E-state index contributed by atoms with van der Waals surface area (Å²) in [6, 6.07) is 3.89. The van der Waals surface area contributed by atoms with Gasteiger partial charge in [-0.05, 0) is 6.54 Å². The van der Waals surface area contributed by atoms with E-state index in [1.54, 1.807) is 7.11 Å². The standard InChI is InChI=1S/C13H17N3O3/c1-17-5-4-16-10-7-12-11(18-8-19-12)6-9(10)15-13(16)2-3-14/h6-7H,2-5,8,14H2,1H3. The van der Waals surface area contributed by atoms with E-state index in [1.807, 2.05) is 12.1 Å². The van der Waals surface area contributed by atoms with E-state index in [2.05, 4.69) is 9.55 Å². The van der Waals surface area contributed by atoms with E-state index < -0.39 is 0 Å². The van der Waals surface area contributed by atoms with Crippen molar-refractivity contribution in [2.45, 2.75) is 13.0 Å². The largest absolute Gasteiger partial charge is 0.454 e. The minimum Gasteiger partial charge on any atom is -0.454 e. The zero-order valence-electron chi connectivity index (χ0n) is 10.9. The maximum absolute atomic E-state index is 5.64. The van der Waals surface area contributed by atoms with Gasteiger partial charge in [0.25, 0.3) is 0 Å². The molecule has 2 aromatic rings. The van der Waals surface area contributed by atoms with Gasteiger partial charge in [0, 0.05) is 32.2 Å². The number of nitrogens with two attached hydrogens (primary N) is 1. The van der Waals surface area contributed by atoms with Crippen molar-refractivity contribution in [2.75, 3.05) is 27.1 Å². The highest BCUT2D eigenvalue weighted by atomic mass is 16.7. The van der Waals surface area contributed by atoms with Crippen LogP contribution in [-0.4, -0.2) is 36.6 Å². The Morgan fingerprint density at radius 2 is 2.16 bits per heavy atom. The van der Waals surface area contributed by atoms with Crippen molar-refractivity contribution in [3.63, 3.8) is 0 Å². The molecule has 1 aliphatic rings. The summed E-state index contributed by atoms with van der Waals surface area (Å²) < 4.78 is 18.1. The van der Waals surface area contributed by atoms with Crippen LogP contribution >= 0.6 is 0 Å². The third-order valence-electron chi connectivity index (χ3n) is 3.21. The van der Waals surface area contributed by atoms with Crippen LogP contribution in [0, 0.1) is 0 Å². The van der Waals surface area contributed by atoms with Crippen molar-refractivity contribution >= 4 is 11.0 Å². The van der Waals surface area contributed by atoms with Gasteiger partial charge in [-0.3, -0.25) is 0 Å². The van der Waals surface area contributed by atoms with Crippen LogP contribution in [0.2, 0.25) is 0 Å². The summed E-state index contributed by atoms with van der Waals surface area (Å²) in [5.74, 6) is 2.49. The van der Waals surface area contributed by atoms with Gasteiger partial charge in [0.2, 0.25) is 6.79 Å². The topological polar surface area (TPSA) is 71.5 Å². The molecule has 6 nitrogen and oxygen atoms in total. The molecular weight excluding hydrogens is 246 g/mol. The summed E-state index contributed by atoms with van der Waals surface area (Å²) in [5.41, 5.74) is 7.58. The first-order chi connectivity index (χ1) is 9.33. The second-order valence-corrected chi connectivity index (χ2v) is 4.41. The highest BCUT2D eigenvalue weighted by molar-refractivity contribution is 5.81. The molecule has 0 aliphatic carbocycles. The van der Waals surface area contributed by atoms with E-state index in [0.29, 0.717) is 13.2 Å². The molecule has 0 saturated carbocycles. The van der Waals surface area contributed by atoms with Crippen LogP contribution in [0.25, 0.3) is 11.0 Å². The number of imidazole rings is 1. The molecular formula is C13H17N3O3. The minimum absolute atomic E-state index is 0.273. The Labute approximate surface area is 111 Å². The Kier molecular flexibility index (Phi) is 3.27. The van der Waals surface area contributed by atoms with Gasteiger partial charge in [0.1, 0.15) is 5.82 Å². The maximum atomic E-state index is 5.64. The molecule has 2 heterocycles. The summed E-state index contributed by atoms with van der Waals surface area (Å²) in [6.07, 6.45) is 0.741. The number of methoxy groups -OCH3 is 1. The van der Waals surface area contributed by atoms with Crippen LogP contribution in [0.15, 0.2) is 12.1 Å². The normalized spacial score (nSPS) is 13.4. The van der Waals surface area contributed by atoms with Gasteiger partial charge in [-0.25, -0.2) is 4.98 Å². The highest BCUT2D eigenvalue weighted by Crippen LogP contribution is 2.36. The fourth-order valence-electron chi connectivity index (χ4n) is 2.32. The Hall–Kier alpha value is -1.79. The van der Waals surface area contributed by atoms with E-state index in [-0.39, 0.29) is 6.79 Å². The van der Waals surface area contributed by atoms with Gasteiger partial charge in [-0.2, -0.15) is 0 Å². The molecule has 3 rings (SSSR count). The number of hydrogen-bond donors (Lipinski definition) is 1. The van der Waals surface area contributed by atoms with E-state index >= 15 is 0 Å². The van der Waals surface area contributed by atoms with Gasteiger partial charge >= 0.3 is 0 Å². The average molecular weight is 263 g/mol. The van der Waals surface area contributed by atoms with Gasteiger partial charge in [-0.15, -0.1) is 0 Å². The number of fused-ring (bicyclic) bond motifs is 2. The van der Waals surface area contributed by atoms with E-state index in [4.69, 9.17) is 19.9 Å². The van der Waals surface area contributed by atoms with Crippen molar-refractivity contribution in [1.29, 1.82) is 0 Å². The zero-order valence-corrected chi connectivity index (χ0v) is 10.9. The molecule has 19 heavy (non-hydrogen) atoms. The Balaban J connectivity index is 2.09. The Morgan fingerprint density at radius 3 is 2.89 bits per heavy atom. The molecule has 0 amide bonds. The molecule has 2 N–H and O–H groups in total. The van der Waals surface area contributed by atoms with Crippen LogP contribution in [0.5, 0.6) is 11.5 Å². The fourth-order valence-corrected chi connectivity index (χ4v) is 2.32. The third-order valence-corrected chi connectivity index (χ3v) is 3.21. The second kappa shape index (κ2) is 5.07. The number of aromatic nitrogens is 2. The predicted molar refractivity (Wildman–Crippen MR) is 70.5 cm³/mol. The van der Waals surface area contributed by atoms with Crippen LogP contribution in [-0.2, 0) is 17.7 Å². The molecule has 0 saturated heterocycles. The van der Waals surface area contributed by atoms with Crippen molar-refractivity contribution in [2.24, 2.45) is 5.73 Å². The lowest BCUT2D eigenvalue weighted by atomic mass is 10.2. The number of hydrogen-bond acceptors (Lipinski definition) is 5. The van der Waals surface area contributed by atoms with E-state index in [9.17, 15) is 0 Å². The first kappa shape index (κ1) is 12.3. The van der Waals surface area contributed by atoms with Crippen molar-refractivity contribution in [1.82, 2.24) is 9.55 Å². The van der Waals surface area contributed by atoms with Crippen molar-refractivity contribution in [3.8, 4) is 11.5 Å². The number of benzene rings is 1. The summed E-state index contributed by atoms with van der Waals surface area (Å²) in [6.45, 7) is 2.23. The molecule has 0 spiro atoms. The summed E-state index contributed by atoms with van der Waals surface area (Å²) >= 11 is 0. The summed E-state index contributed by atoms with van der Waals surface area (Å²) in [7, 11) is 1.69. The van der Waals surface area contributed by atoms with Gasteiger partial charge in [0.15, 0.2) is 11.5 Å². The number of nitrogens with zero attached hydrogens (tertiary/aromatic N) is 2. The molecule has 0 bridgehead atoms. The van der Waals surface area contributed by atoms with Crippen LogP contribution in [0.1, 0.15) is 5.82 Å². The van der Waals surface area contributed by atoms with Gasteiger partial charge < -0.3 is 24.5 Å². The lowest BCUT2D eigenvalue weighted by Crippen LogP contribution is -2.12. The molecule has 6 heteroatoms. The minimum atomic E-state index is 0.273. The summed E-state index contributed by atoms with van der Waals surface area (Å²) in [5, 5.41) is 0. The maximum Gasteiger partial charge on any atom is 0.231 e. The molecule has 0 unspecified atom stereocenters. The first-order valence-corrected chi connectivity index (χ1v) is 6.31. The zero-order chi connectivity index (χ0) is 13.2. The van der Waals surface area contributed by atoms with Gasteiger partial charge in [-0.1, -0.05) is 0 Å². The summed E-state index contributed by atoms with van der Waals surface area (Å²) in [4.78, 5) is 4.62. The number of rotatable bonds is 5. The molecule has 0 atom stereocenters. The predicted octanol–water partition coefficient (Wildman–Crippen LogP) is 0.913. The molecule has 1 aromatic carbocycles. The first-order valence-electron chi connectivity index (χ1n) is 6.31. The Morgan fingerprint density at radius 1 is 1.37 bits per heavy atom. The molecule has 1 aliphatic heterocycles. The van der Waals surface area contributed by atoms with Crippen molar-refractivity contribution < 1.29 is 14.2 Å². The van der Waals surface area contributed by atoms with Gasteiger partial charge in [0.05, 0.1) is 17.6 Å². The fraction of sp³-hybridized carbons (Fsp3) is 0.462. The molecule has 0 fully saturated rings. The lowest BCUT2D eigenvalue weighted by Gasteiger charge is -2.08. The molecule has 0 radical (unpaired) electrons. The van der Waals surface area contributed by atoms with Crippen LogP contribution in [0.3, 0.4) is 0 Å². The quantitative estimate of drug-likeness (QED) is 0.868. The average Bonchev–Trinajstić information content (AvgIpc) is 2.98. The monoisotopic (exact) mass is 263 g/mol. The molecule has 1 aromatic heterocycles. The SMILES string of the molecule is COCCn1c(CCN)nc2cc3c(cc21)OCO3. The smallest absolute Gasteiger partial charge is 0.231 e. The van der Waals surface area contributed by atoms with E-state index in [1.165, 1.54) is 0 Å². The lowest BCUT2D eigenvalue weighted by molar-refractivity contribution is 0.174. The van der Waals surface area contributed by atoms with E-state index in [0.717, 1.165) is 41.3 Å². The Bertz CT molecular complexity index is 594. The third kappa shape index (κ3) is 2.13. The van der Waals surface area contributed by atoms with Crippen molar-refractivity contribution in [3.05, 3.63) is 18.0 Å². The number of ether oxygens (including phenoxy) is 3. The highest BCUT2D eigenvalue weighted by Gasteiger charge is 2.18.